The molecule has 0 saturated carbocycles. The Morgan fingerprint density at radius 3 is 2.57 bits per heavy atom. The predicted molar refractivity (Wildman–Crippen MR) is 169 cm³/mol. The van der Waals surface area contributed by atoms with Gasteiger partial charge >= 0.3 is 5.97 Å². The Balaban J connectivity index is 1.38. The van der Waals surface area contributed by atoms with E-state index in [1.165, 1.54) is 12.7 Å². The molecule has 1 N–H and O–H groups in total. The van der Waals surface area contributed by atoms with Crippen molar-refractivity contribution >= 4 is 11.9 Å². The normalized spacial score (nSPS) is 18.1. The molecule has 0 aliphatic carbocycles. The zero-order valence-electron chi connectivity index (χ0n) is 25.5. The number of carbonyl (C=O) groups excluding carboxylic acids is 2. The van der Waals surface area contributed by atoms with Gasteiger partial charge in [0.1, 0.15) is 6.23 Å². The summed E-state index contributed by atoms with van der Waals surface area (Å²) in [5.74, 6) is -0.461. The van der Waals surface area contributed by atoms with Crippen molar-refractivity contribution in [2.24, 2.45) is 0 Å². The van der Waals surface area contributed by atoms with Crippen molar-refractivity contribution in [2.45, 2.75) is 57.3 Å². The molecule has 1 fully saturated rings. The summed E-state index contributed by atoms with van der Waals surface area (Å²) in [4.78, 5) is 27.8. The van der Waals surface area contributed by atoms with Gasteiger partial charge in [-0.15, -0.1) is 0 Å². The number of rotatable bonds is 10. The quantitative estimate of drug-likeness (QED) is 0.223. The molecule has 6 rings (SSSR count). The zero-order chi connectivity index (χ0) is 30.5. The van der Waals surface area contributed by atoms with Crippen LogP contribution in [0.1, 0.15) is 81.2 Å². The first-order valence-electron chi connectivity index (χ1n) is 15.5. The minimum Gasteiger partial charge on any atom is -0.465 e. The second-order valence-electron chi connectivity index (χ2n) is 11.8. The Bertz CT molecular complexity index is 1590. The molecule has 1 aromatic heterocycles. The summed E-state index contributed by atoms with van der Waals surface area (Å²) >= 11 is 0. The highest BCUT2D eigenvalue weighted by Gasteiger charge is 2.33. The first-order valence-corrected chi connectivity index (χ1v) is 15.5. The molecule has 44 heavy (non-hydrogen) atoms. The molecule has 8 nitrogen and oxygen atoms in total. The fourth-order valence-electron chi connectivity index (χ4n) is 6.41. The van der Waals surface area contributed by atoms with Crippen molar-refractivity contribution in [3.8, 4) is 11.1 Å². The SMILES string of the molecule is COC(=O)c1ccc(-c2c(C3Cc4ccccc4C(=O)N3)nn(C3CCCCO3)c2CCCN(C)Cc2ccccc2)cc1. The fourth-order valence-corrected chi connectivity index (χ4v) is 6.41. The van der Waals surface area contributed by atoms with Crippen molar-refractivity contribution in [1.29, 1.82) is 0 Å². The Labute approximate surface area is 259 Å². The number of amides is 1. The Kier molecular flexibility index (Phi) is 9.19. The second-order valence-corrected chi connectivity index (χ2v) is 11.8. The lowest BCUT2D eigenvalue weighted by molar-refractivity contribution is -0.0414. The van der Waals surface area contributed by atoms with Crippen LogP contribution in [0.4, 0.5) is 0 Å². The van der Waals surface area contributed by atoms with E-state index in [-0.39, 0.29) is 24.1 Å². The number of carbonyl (C=O) groups is 2. The topological polar surface area (TPSA) is 85.7 Å². The molecular formula is C36H40N4O4. The highest BCUT2D eigenvalue weighted by atomic mass is 16.5. The van der Waals surface area contributed by atoms with E-state index in [0.29, 0.717) is 24.2 Å². The van der Waals surface area contributed by atoms with Gasteiger partial charge in [0, 0.05) is 30.0 Å². The van der Waals surface area contributed by atoms with E-state index < -0.39 is 0 Å². The number of nitrogens with zero attached hydrogens (tertiary/aromatic N) is 3. The van der Waals surface area contributed by atoms with E-state index in [1.54, 1.807) is 12.1 Å². The second kappa shape index (κ2) is 13.6. The lowest BCUT2D eigenvalue weighted by atomic mass is 9.89. The first-order chi connectivity index (χ1) is 21.5. The van der Waals surface area contributed by atoms with Crippen molar-refractivity contribution in [1.82, 2.24) is 20.0 Å². The average molecular weight is 593 g/mol. The summed E-state index contributed by atoms with van der Waals surface area (Å²) < 4.78 is 13.3. The van der Waals surface area contributed by atoms with Crippen molar-refractivity contribution in [2.75, 3.05) is 27.3 Å². The van der Waals surface area contributed by atoms with Crippen LogP contribution in [0.3, 0.4) is 0 Å². The van der Waals surface area contributed by atoms with Gasteiger partial charge in [-0.1, -0.05) is 60.7 Å². The van der Waals surface area contributed by atoms with Crippen molar-refractivity contribution in [3.05, 3.63) is 113 Å². The first kappa shape index (κ1) is 29.8. The minimum atomic E-state index is -0.374. The van der Waals surface area contributed by atoms with Gasteiger partial charge in [0.05, 0.1) is 24.4 Å². The third kappa shape index (κ3) is 6.47. The van der Waals surface area contributed by atoms with Crippen LogP contribution in [-0.4, -0.2) is 53.9 Å². The highest BCUT2D eigenvalue weighted by molar-refractivity contribution is 5.97. The van der Waals surface area contributed by atoms with Gasteiger partial charge in [-0.3, -0.25) is 4.79 Å². The Hall–Kier alpha value is -4.27. The summed E-state index contributed by atoms with van der Waals surface area (Å²) in [5, 5.41) is 8.50. The molecule has 2 unspecified atom stereocenters. The third-order valence-electron chi connectivity index (χ3n) is 8.63. The molecule has 2 aliphatic rings. The minimum absolute atomic E-state index is 0.0867. The lowest BCUT2D eigenvalue weighted by Gasteiger charge is -2.26. The number of aromatic nitrogens is 2. The number of benzene rings is 3. The molecule has 2 aliphatic heterocycles. The van der Waals surface area contributed by atoms with Crippen LogP contribution in [0.25, 0.3) is 11.1 Å². The highest BCUT2D eigenvalue weighted by Crippen LogP contribution is 2.38. The van der Waals surface area contributed by atoms with E-state index >= 15 is 0 Å². The van der Waals surface area contributed by atoms with Gasteiger partial charge in [0.2, 0.25) is 0 Å². The summed E-state index contributed by atoms with van der Waals surface area (Å²) in [7, 11) is 3.54. The van der Waals surface area contributed by atoms with Crippen molar-refractivity contribution in [3.63, 3.8) is 0 Å². The van der Waals surface area contributed by atoms with E-state index in [4.69, 9.17) is 14.6 Å². The van der Waals surface area contributed by atoms with Gasteiger partial charge in [-0.2, -0.15) is 5.10 Å². The molecule has 228 valence electrons. The van der Waals surface area contributed by atoms with Crippen molar-refractivity contribution < 1.29 is 19.1 Å². The Morgan fingerprint density at radius 2 is 1.82 bits per heavy atom. The molecule has 1 amide bonds. The monoisotopic (exact) mass is 592 g/mol. The third-order valence-corrected chi connectivity index (χ3v) is 8.63. The van der Waals surface area contributed by atoms with E-state index in [1.807, 2.05) is 42.5 Å². The maximum Gasteiger partial charge on any atom is 0.337 e. The van der Waals surface area contributed by atoms with Gasteiger partial charge in [0.25, 0.3) is 5.91 Å². The zero-order valence-corrected chi connectivity index (χ0v) is 25.5. The average Bonchev–Trinajstić information content (AvgIpc) is 3.44. The molecule has 2 atom stereocenters. The largest absolute Gasteiger partial charge is 0.465 e. The predicted octanol–water partition coefficient (Wildman–Crippen LogP) is 6.13. The lowest BCUT2D eigenvalue weighted by Crippen LogP contribution is -2.36. The molecule has 0 bridgehead atoms. The number of ether oxygens (including phenoxy) is 2. The maximum absolute atomic E-state index is 13.2. The smallest absolute Gasteiger partial charge is 0.337 e. The number of nitrogens with one attached hydrogen (secondary N) is 1. The molecule has 0 radical (unpaired) electrons. The number of methoxy groups -OCH3 is 1. The van der Waals surface area contributed by atoms with E-state index in [9.17, 15) is 9.59 Å². The molecule has 1 saturated heterocycles. The van der Waals surface area contributed by atoms with Gasteiger partial charge in [-0.25, -0.2) is 9.48 Å². The molecule has 3 heterocycles. The van der Waals surface area contributed by atoms with Crippen LogP contribution in [0, 0.1) is 0 Å². The van der Waals surface area contributed by atoms with Crippen LogP contribution in [0.2, 0.25) is 0 Å². The van der Waals surface area contributed by atoms with Gasteiger partial charge < -0.3 is 19.7 Å². The molecule has 0 spiro atoms. The number of hydrogen-bond donors (Lipinski definition) is 1. The molecule has 3 aromatic carbocycles. The van der Waals surface area contributed by atoms with Crippen LogP contribution < -0.4 is 5.32 Å². The molecular weight excluding hydrogens is 552 g/mol. The van der Waals surface area contributed by atoms with E-state index in [0.717, 1.165) is 73.3 Å². The van der Waals surface area contributed by atoms with Gasteiger partial charge in [-0.05, 0) is 87.0 Å². The summed E-state index contributed by atoms with van der Waals surface area (Å²) in [6, 6.07) is 25.5. The van der Waals surface area contributed by atoms with Crippen LogP contribution in [-0.2, 0) is 28.9 Å². The number of hydrogen-bond acceptors (Lipinski definition) is 6. The molecule has 4 aromatic rings. The number of fused-ring (bicyclic) bond motifs is 1. The van der Waals surface area contributed by atoms with Crippen LogP contribution in [0.15, 0.2) is 78.9 Å². The number of esters is 1. The summed E-state index contributed by atoms with van der Waals surface area (Å²) in [5.41, 5.74) is 7.40. The Morgan fingerprint density at radius 1 is 1.05 bits per heavy atom. The van der Waals surface area contributed by atoms with Crippen LogP contribution in [0.5, 0.6) is 0 Å². The fraction of sp³-hybridized carbons (Fsp3) is 0.361. The van der Waals surface area contributed by atoms with E-state index in [2.05, 4.69) is 46.2 Å². The van der Waals surface area contributed by atoms with Gasteiger partial charge in [0.15, 0.2) is 0 Å². The maximum atomic E-state index is 13.2. The molecule has 8 heteroatoms. The summed E-state index contributed by atoms with van der Waals surface area (Å²) in [6.07, 6.45) is 5.22. The van der Waals surface area contributed by atoms with Crippen LogP contribution >= 0.6 is 0 Å². The summed E-state index contributed by atoms with van der Waals surface area (Å²) in [6.45, 7) is 2.50. The standard InChI is InChI=1S/C36H40N4O4/c1-39(24-25-11-4-3-5-12-25)21-10-15-31-33(26-17-19-27(20-18-26)36(42)43-2)34(38-40(31)32-16-8-9-22-44-32)30-23-28-13-6-7-14-29(28)35(41)37-30/h3-7,11-14,17-20,30,32H,8-10,15-16,21-24H2,1-2H3,(H,37,41).